The van der Waals surface area contributed by atoms with Crippen molar-refractivity contribution in [3.63, 3.8) is 0 Å². The van der Waals surface area contributed by atoms with Gasteiger partial charge < -0.3 is 4.74 Å². The minimum atomic E-state index is -0.0381. The van der Waals surface area contributed by atoms with Gasteiger partial charge in [-0.15, -0.1) is 0 Å². The predicted octanol–water partition coefficient (Wildman–Crippen LogP) is 5.31. The van der Waals surface area contributed by atoms with Gasteiger partial charge in [-0.3, -0.25) is 4.79 Å². The summed E-state index contributed by atoms with van der Waals surface area (Å²) < 4.78 is 6.52. The molecule has 8 saturated carbocycles. The number of hydrogen-bond donors (Lipinski definition) is 0. The van der Waals surface area contributed by atoms with Gasteiger partial charge in [0.2, 0.25) is 0 Å². The van der Waals surface area contributed by atoms with E-state index >= 15 is 0 Å². The first-order valence-corrected chi connectivity index (χ1v) is 12.2. The van der Waals surface area contributed by atoms with Crippen molar-refractivity contribution in [2.75, 3.05) is 0 Å². The molecule has 0 aromatic rings. The Hall–Kier alpha value is -0.530. The van der Waals surface area contributed by atoms with Crippen molar-refractivity contribution >= 4 is 5.97 Å². The van der Waals surface area contributed by atoms with E-state index in [1.165, 1.54) is 57.8 Å². The highest BCUT2D eigenvalue weighted by Gasteiger charge is 2.67. The minimum Gasteiger partial charge on any atom is -0.459 e. The molecule has 0 N–H and O–H groups in total. The summed E-state index contributed by atoms with van der Waals surface area (Å²) in [5.74, 6) is 10.1. The van der Waals surface area contributed by atoms with E-state index in [2.05, 4.69) is 13.8 Å². The van der Waals surface area contributed by atoms with Crippen LogP contribution in [0.2, 0.25) is 0 Å². The summed E-state index contributed by atoms with van der Waals surface area (Å²) in [5, 5.41) is 0. The van der Waals surface area contributed by atoms with Crippen molar-refractivity contribution in [2.24, 2.45) is 71.0 Å². The molecule has 2 nitrogen and oxygen atoms in total. The van der Waals surface area contributed by atoms with Crippen LogP contribution in [0.3, 0.4) is 0 Å². The first-order chi connectivity index (χ1) is 13.0. The molecule has 8 rings (SSSR count). The monoisotopic (exact) mass is 368 g/mol. The van der Waals surface area contributed by atoms with E-state index in [9.17, 15) is 4.79 Å². The third-order valence-corrected chi connectivity index (χ3v) is 11.4. The first-order valence-electron chi connectivity index (χ1n) is 12.2. The van der Waals surface area contributed by atoms with Crippen LogP contribution in [0.25, 0.3) is 0 Å². The Morgan fingerprint density at radius 1 is 0.741 bits per heavy atom. The molecule has 0 aromatic heterocycles. The van der Waals surface area contributed by atoms with Gasteiger partial charge >= 0.3 is 5.97 Å². The maximum absolute atomic E-state index is 13.4. The second kappa shape index (κ2) is 5.14. The second-order valence-electron chi connectivity index (χ2n) is 12.5. The van der Waals surface area contributed by atoms with Gasteiger partial charge in [-0.25, -0.2) is 0 Å². The lowest BCUT2D eigenvalue weighted by molar-refractivity contribution is -0.194. The van der Waals surface area contributed by atoms with Crippen LogP contribution < -0.4 is 0 Å². The molecule has 0 saturated heterocycles. The lowest BCUT2D eigenvalue weighted by atomic mass is 9.54. The van der Waals surface area contributed by atoms with Gasteiger partial charge in [-0.1, -0.05) is 13.8 Å². The average molecular weight is 369 g/mol. The van der Waals surface area contributed by atoms with E-state index in [0.29, 0.717) is 5.92 Å². The fourth-order valence-electron chi connectivity index (χ4n) is 10.9. The molecule has 148 valence electrons. The van der Waals surface area contributed by atoms with Crippen molar-refractivity contribution < 1.29 is 9.53 Å². The van der Waals surface area contributed by atoms with Gasteiger partial charge in [0.15, 0.2) is 0 Å². The van der Waals surface area contributed by atoms with Crippen LogP contribution in [0, 0.1) is 71.0 Å². The Morgan fingerprint density at radius 2 is 1.33 bits per heavy atom. The summed E-state index contributed by atoms with van der Waals surface area (Å²) in [4.78, 5) is 13.4. The quantitative estimate of drug-likeness (QED) is 0.488. The van der Waals surface area contributed by atoms with Crippen LogP contribution >= 0.6 is 0 Å². The fraction of sp³-hybridized carbons (Fsp3) is 0.960. The zero-order valence-corrected chi connectivity index (χ0v) is 17.1. The van der Waals surface area contributed by atoms with Gasteiger partial charge in [0, 0.05) is 0 Å². The zero-order valence-electron chi connectivity index (χ0n) is 17.1. The maximum Gasteiger partial charge on any atom is 0.309 e. The van der Waals surface area contributed by atoms with E-state index in [1.54, 1.807) is 0 Å². The summed E-state index contributed by atoms with van der Waals surface area (Å²) in [5.41, 5.74) is -0.0381. The van der Waals surface area contributed by atoms with Crippen LogP contribution in [0.5, 0.6) is 0 Å². The molecule has 0 amide bonds. The largest absolute Gasteiger partial charge is 0.459 e. The number of carbonyl (C=O) groups is 1. The number of fused-ring (bicyclic) bond motifs is 9. The van der Waals surface area contributed by atoms with Crippen LogP contribution in [0.1, 0.15) is 71.6 Å². The molecule has 8 fully saturated rings. The number of carbonyl (C=O) groups excluding carboxylic acids is 1. The molecule has 2 heteroatoms. The predicted molar refractivity (Wildman–Crippen MR) is 104 cm³/mol. The highest BCUT2D eigenvalue weighted by Crippen LogP contribution is 2.71. The average Bonchev–Trinajstić information content (AvgIpc) is 3.33. The molecule has 0 radical (unpaired) electrons. The molecule has 9 unspecified atom stereocenters. The summed E-state index contributed by atoms with van der Waals surface area (Å²) in [6, 6.07) is 0. The van der Waals surface area contributed by atoms with E-state index in [4.69, 9.17) is 4.74 Å². The van der Waals surface area contributed by atoms with E-state index in [1.807, 2.05) is 0 Å². The van der Waals surface area contributed by atoms with Crippen molar-refractivity contribution in [1.29, 1.82) is 0 Å². The summed E-state index contributed by atoms with van der Waals surface area (Å²) in [6.07, 6.45) is 11.8. The Morgan fingerprint density at radius 3 is 1.96 bits per heavy atom. The molecule has 8 aliphatic rings. The molecule has 8 aliphatic carbocycles. The zero-order chi connectivity index (χ0) is 18.1. The van der Waals surface area contributed by atoms with E-state index in [0.717, 1.165) is 59.2 Å². The Kier molecular flexibility index (Phi) is 3.10. The van der Waals surface area contributed by atoms with Gasteiger partial charge in [0.05, 0.1) is 5.92 Å². The smallest absolute Gasteiger partial charge is 0.309 e. The normalized spacial score (nSPS) is 64.4. The first kappa shape index (κ1) is 16.3. The second-order valence-corrected chi connectivity index (χ2v) is 12.5. The molecule has 0 aliphatic heterocycles. The third kappa shape index (κ3) is 2.01. The van der Waals surface area contributed by atoms with Crippen LogP contribution in [0.4, 0.5) is 0 Å². The molecule has 0 spiro atoms. The minimum absolute atomic E-state index is 0.0381. The molecule has 0 aromatic carbocycles. The van der Waals surface area contributed by atoms with Crippen LogP contribution in [-0.4, -0.2) is 11.6 Å². The number of esters is 1. The number of ether oxygens (including phenoxy) is 1. The Balaban J connectivity index is 1.11. The van der Waals surface area contributed by atoms with Gasteiger partial charge in [0.25, 0.3) is 0 Å². The lowest BCUT2D eigenvalue weighted by Gasteiger charge is -2.56. The van der Waals surface area contributed by atoms with E-state index < -0.39 is 0 Å². The standard InChI is InChI=1S/C25H36O2/c1-12-13(2)19-8-18(12)22-17-6-20(23(19)22)21(7-17)24(26)27-25-9-14-3-15(10-25)5-16(4-14)11-25/h12-23H,3-11H2,1-2H3. The molecule has 8 bridgehead atoms. The molecule has 0 heterocycles. The van der Waals surface area contributed by atoms with Crippen molar-refractivity contribution in [1.82, 2.24) is 0 Å². The molecule has 9 atom stereocenters. The van der Waals surface area contributed by atoms with Crippen LogP contribution in [-0.2, 0) is 9.53 Å². The van der Waals surface area contributed by atoms with Crippen molar-refractivity contribution in [2.45, 2.75) is 77.2 Å². The maximum atomic E-state index is 13.4. The van der Waals surface area contributed by atoms with Crippen molar-refractivity contribution in [3.8, 4) is 0 Å². The summed E-state index contributed by atoms with van der Waals surface area (Å²) >= 11 is 0. The number of rotatable bonds is 2. The number of hydrogen-bond acceptors (Lipinski definition) is 2. The summed E-state index contributed by atoms with van der Waals surface area (Å²) in [6.45, 7) is 5.01. The highest BCUT2D eigenvalue weighted by molar-refractivity contribution is 5.74. The van der Waals surface area contributed by atoms with Crippen molar-refractivity contribution in [3.05, 3.63) is 0 Å². The third-order valence-electron chi connectivity index (χ3n) is 11.4. The summed E-state index contributed by atoms with van der Waals surface area (Å²) in [7, 11) is 0. The SMILES string of the molecule is CC1C(C)C2CC1C1C3CC(C(=O)OC45CC6CC(CC(C6)C4)C5)C(C3)C21. The Bertz CT molecular complexity index is 647. The van der Waals surface area contributed by atoms with Gasteiger partial charge in [-0.2, -0.15) is 0 Å². The lowest BCUT2D eigenvalue weighted by Crippen LogP contribution is -2.53. The highest BCUT2D eigenvalue weighted by atomic mass is 16.6. The molecular formula is C25H36O2. The van der Waals surface area contributed by atoms with Gasteiger partial charge in [0.1, 0.15) is 5.60 Å². The van der Waals surface area contributed by atoms with E-state index in [-0.39, 0.29) is 17.5 Å². The van der Waals surface area contributed by atoms with Crippen LogP contribution in [0.15, 0.2) is 0 Å². The molecular weight excluding hydrogens is 332 g/mol. The van der Waals surface area contributed by atoms with Gasteiger partial charge in [-0.05, 0) is 123 Å². The molecule has 27 heavy (non-hydrogen) atoms. The fourth-order valence-corrected chi connectivity index (χ4v) is 10.9. The Labute approximate surface area is 164 Å². The topological polar surface area (TPSA) is 26.3 Å².